The topological polar surface area (TPSA) is 50.4 Å². The van der Waals surface area contributed by atoms with Crippen molar-refractivity contribution in [2.45, 2.75) is 19.9 Å². The van der Waals surface area contributed by atoms with Crippen LogP contribution in [0.25, 0.3) is 0 Å². The van der Waals surface area contributed by atoms with Crippen molar-refractivity contribution >= 4 is 11.6 Å². The standard InChI is InChI=1S/C19H24N2O2/c1-14-9-10-15(2)17(13-14)21-19(22)18(20-11-12-23-3)16-7-5-4-6-8-16/h4-10,13,18,20H,11-12H2,1-3H3,(H,21,22)/t18-/m1/s1. The fourth-order valence-electron chi connectivity index (χ4n) is 2.39. The highest BCUT2D eigenvalue weighted by molar-refractivity contribution is 5.96. The molecular formula is C19H24N2O2. The van der Waals surface area contributed by atoms with Crippen molar-refractivity contribution < 1.29 is 9.53 Å². The second-order valence-corrected chi connectivity index (χ2v) is 5.60. The fraction of sp³-hybridized carbons (Fsp3) is 0.316. The molecule has 1 amide bonds. The first-order valence-corrected chi connectivity index (χ1v) is 7.77. The number of carbonyl (C=O) groups excluding carboxylic acids is 1. The van der Waals surface area contributed by atoms with E-state index in [4.69, 9.17) is 4.74 Å². The molecular weight excluding hydrogens is 288 g/mol. The Balaban J connectivity index is 2.17. The Morgan fingerprint density at radius 3 is 2.57 bits per heavy atom. The first-order chi connectivity index (χ1) is 11.1. The van der Waals surface area contributed by atoms with Crippen molar-refractivity contribution in [1.29, 1.82) is 0 Å². The highest BCUT2D eigenvalue weighted by Gasteiger charge is 2.20. The van der Waals surface area contributed by atoms with Gasteiger partial charge in [0.25, 0.3) is 0 Å². The Morgan fingerprint density at radius 2 is 1.87 bits per heavy atom. The largest absolute Gasteiger partial charge is 0.383 e. The molecule has 0 aliphatic rings. The normalized spacial score (nSPS) is 12.0. The molecule has 0 bridgehead atoms. The number of ether oxygens (including phenoxy) is 1. The quantitative estimate of drug-likeness (QED) is 0.772. The van der Waals surface area contributed by atoms with E-state index in [-0.39, 0.29) is 5.91 Å². The Hall–Kier alpha value is -2.17. The third kappa shape index (κ3) is 4.91. The zero-order chi connectivity index (χ0) is 16.7. The van der Waals surface area contributed by atoms with Crippen LogP contribution >= 0.6 is 0 Å². The van der Waals surface area contributed by atoms with Gasteiger partial charge in [-0.05, 0) is 36.6 Å². The Labute approximate surface area is 137 Å². The van der Waals surface area contributed by atoms with Crippen LogP contribution in [-0.4, -0.2) is 26.2 Å². The number of aryl methyl sites for hydroxylation is 2. The maximum Gasteiger partial charge on any atom is 0.246 e. The van der Waals surface area contributed by atoms with Crippen LogP contribution in [0.2, 0.25) is 0 Å². The summed E-state index contributed by atoms with van der Waals surface area (Å²) >= 11 is 0. The molecule has 4 heteroatoms. The first kappa shape index (κ1) is 17.2. The molecule has 2 aromatic carbocycles. The number of methoxy groups -OCH3 is 1. The van der Waals surface area contributed by atoms with E-state index in [9.17, 15) is 4.79 Å². The molecule has 0 radical (unpaired) electrons. The second-order valence-electron chi connectivity index (χ2n) is 5.60. The summed E-state index contributed by atoms with van der Waals surface area (Å²) in [5, 5.41) is 6.29. The van der Waals surface area contributed by atoms with Crippen LogP contribution in [0.4, 0.5) is 5.69 Å². The molecule has 1 atom stereocenters. The van der Waals surface area contributed by atoms with Gasteiger partial charge in [0.1, 0.15) is 6.04 Å². The summed E-state index contributed by atoms with van der Waals surface area (Å²) in [4.78, 5) is 12.8. The number of amides is 1. The lowest BCUT2D eigenvalue weighted by Crippen LogP contribution is -2.35. The van der Waals surface area contributed by atoms with Crippen LogP contribution in [-0.2, 0) is 9.53 Å². The molecule has 0 saturated heterocycles. The van der Waals surface area contributed by atoms with Crippen molar-refractivity contribution in [1.82, 2.24) is 5.32 Å². The summed E-state index contributed by atoms with van der Waals surface area (Å²) in [5.74, 6) is -0.0685. The highest BCUT2D eigenvalue weighted by atomic mass is 16.5. The minimum Gasteiger partial charge on any atom is -0.383 e. The molecule has 2 aromatic rings. The lowest BCUT2D eigenvalue weighted by Gasteiger charge is -2.19. The minimum atomic E-state index is -0.411. The van der Waals surface area contributed by atoms with Crippen LogP contribution in [0.1, 0.15) is 22.7 Å². The second kappa shape index (κ2) is 8.46. The highest BCUT2D eigenvalue weighted by Crippen LogP contribution is 2.20. The van der Waals surface area contributed by atoms with Crippen LogP contribution in [0.15, 0.2) is 48.5 Å². The van der Waals surface area contributed by atoms with Crippen molar-refractivity contribution in [3.8, 4) is 0 Å². The molecule has 23 heavy (non-hydrogen) atoms. The van der Waals surface area contributed by atoms with Crippen LogP contribution in [0, 0.1) is 13.8 Å². The number of carbonyl (C=O) groups is 1. The maximum absolute atomic E-state index is 12.8. The van der Waals surface area contributed by atoms with Gasteiger partial charge in [-0.3, -0.25) is 10.1 Å². The maximum atomic E-state index is 12.8. The molecule has 0 aliphatic heterocycles. The minimum absolute atomic E-state index is 0.0685. The molecule has 2 rings (SSSR count). The van der Waals surface area contributed by atoms with E-state index in [0.717, 1.165) is 22.4 Å². The summed E-state index contributed by atoms with van der Waals surface area (Å²) in [6.07, 6.45) is 0. The molecule has 122 valence electrons. The van der Waals surface area contributed by atoms with Gasteiger partial charge < -0.3 is 10.1 Å². The van der Waals surface area contributed by atoms with Gasteiger partial charge in [-0.1, -0.05) is 42.5 Å². The van der Waals surface area contributed by atoms with Crippen molar-refractivity contribution in [2.75, 3.05) is 25.6 Å². The summed E-state index contributed by atoms with van der Waals surface area (Å²) in [6.45, 7) is 5.17. The molecule has 0 fully saturated rings. The Kier molecular flexibility index (Phi) is 6.32. The fourth-order valence-corrected chi connectivity index (χ4v) is 2.39. The lowest BCUT2D eigenvalue weighted by atomic mass is 10.1. The number of hydrogen-bond acceptors (Lipinski definition) is 3. The molecule has 0 saturated carbocycles. The van der Waals surface area contributed by atoms with Crippen LogP contribution in [0.3, 0.4) is 0 Å². The van der Waals surface area contributed by atoms with E-state index >= 15 is 0 Å². The van der Waals surface area contributed by atoms with Gasteiger partial charge in [-0.2, -0.15) is 0 Å². The van der Waals surface area contributed by atoms with Gasteiger partial charge in [0.05, 0.1) is 6.61 Å². The predicted octanol–water partition coefficient (Wildman–Crippen LogP) is 3.22. The van der Waals surface area contributed by atoms with Crippen molar-refractivity contribution in [2.24, 2.45) is 0 Å². The zero-order valence-electron chi connectivity index (χ0n) is 13.9. The first-order valence-electron chi connectivity index (χ1n) is 7.77. The van der Waals surface area contributed by atoms with E-state index in [0.29, 0.717) is 13.2 Å². The van der Waals surface area contributed by atoms with Gasteiger partial charge in [0.2, 0.25) is 5.91 Å². The number of hydrogen-bond donors (Lipinski definition) is 2. The van der Waals surface area contributed by atoms with Crippen LogP contribution < -0.4 is 10.6 Å². The number of anilines is 1. The molecule has 0 unspecified atom stereocenters. The Bertz CT molecular complexity index is 641. The molecule has 0 aliphatic carbocycles. The molecule has 0 heterocycles. The van der Waals surface area contributed by atoms with Gasteiger partial charge >= 0.3 is 0 Å². The zero-order valence-corrected chi connectivity index (χ0v) is 13.9. The van der Waals surface area contributed by atoms with E-state index in [1.54, 1.807) is 7.11 Å². The lowest BCUT2D eigenvalue weighted by molar-refractivity contribution is -0.118. The van der Waals surface area contributed by atoms with E-state index < -0.39 is 6.04 Å². The van der Waals surface area contributed by atoms with E-state index in [1.807, 2.05) is 62.4 Å². The van der Waals surface area contributed by atoms with Gasteiger partial charge in [-0.15, -0.1) is 0 Å². The average molecular weight is 312 g/mol. The molecule has 0 spiro atoms. The Morgan fingerprint density at radius 1 is 1.13 bits per heavy atom. The van der Waals surface area contributed by atoms with Crippen molar-refractivity contribution in [3.05, 3.63) is 65.2 Å². The molecule has 0 aromatic heterocycles. The molecule has 4 nitrogen and oxygen atoms in total. The number of nitrogens with one attached hydrogen (secondary N) is 2. The van der Waals surface area contributed by atoms with Gasteiger partial charge in [0.15, 0.2) is 0 Å². The van der Waals surface area contributed by atoms with Gasteiger partial charge in [0, 0.05) is 19.3 Å². The third-order valence-corrected chi connectivity index (χ3v) is 3.70. The average Bonchev–Trinajstić information content (AvgIpc) is 2.56. The summed E-state index contributed by atoms with van der Waals surface area (Å²) < 4.78 is 5.07. The van der Waals surface area contributed by atoms with Gasteiger partial charge in [-0.25, -0.2) is 0 Å². The van der Waals surface area contributed by atoms with E-state index in [2.05, 4.69) is 10.6 Å². The number of benzene rings is 2. The molecule has 2 N–H and O–H groups in total. The van der Waals surface area contributed by atoms with Crippen LogP contribution in [0.5, 0.6) is 0 Å². The SMILES string of the molecule is COCCN[C@@H](C(=O)Nc1cc(C)ccc1C)c1ccccc1. The summed E-state index contributed by atoms with van der Waals surface area (Å²) in [6, 6.07) is 15.4. The predicted molar refractivity (Wildman–Crippen MR) is 93.6 cm³/mol. The summed E-state index contributed by atoms with van der Waals surface area (Å²) in [7, 11) is 1.65. The summed E-state index contributed by atoms with van der Waals surface area (Å²) in [5.41, 5.74) is 3.96. The number of rotatable bonds is 7. The smallest absolute Gasteiger partial charge is 0.246 e. The third-order valence-electron chi connectivity index (χ3n) is 3.70. The monoisotopic (exact) mass is 312 g/mol. The van der Waals surface area contributed by atoms with Crippen molar-refractivity contribution in [3.63, 3.8) is 0 Å². The van der Waals surface area contributed by atoms with E-state index in [1.165, 1.54) is 0 Å².